The fourth-order valence-electron chi connectivity index (χ4n) is 1.16. The maximum absolute atomic E-state index is 8.78. The van der Waals surface area contributed by atoms with E-state index in [9.17, 15) is 0 Å². The van der Waals surface area contributed by atoms with Crippen molar-refractivity contribution in [3.8, 4) is 0 Å². The lowest BCUT2D eigenvalue weighted by molar-refractivity contribution is 0.302. The summed E-state index contributed by atoms with van der Waals surface area (Å²) in [5, 5.41) is 8.78. The van der Waals surface area contributed by atoms with E-state index in [2.05, 4.69) is 4.98 Å². The lowest BCUT2D eigenvalue weighted by Crippen LogP contribution is -2.30. The Morgan fingerprint density at radius 3 is 2.77 bits per heavy atom. The van der Waals surface area contributed by atoms with Gasteiger partial charge in [-0.3, -0.25) is 0 Å². The maximum Gasteiger partial charge on any atom is 0.220 e. The van der Waals surface area contributed by atoms with Gasteiger partial charge in [-0.1, -0.05) is 0 Å². The quantitative estimate of drug-likeness (QED) is 0.523. The van der Waals surface area contributed by atoms with Gasteiger partial charge >= 0.3 is 0 Å². The maximum atomic E-state index is 8.78. The minimum atomic E-state index is 0.0823. The van der Waals surface area contributed by atoms with Crippen LogP contribution in [0.15, 0.2) is 6.20 Å². The topological polar surface area (TPSA) is 93.3 Å². The molecule has 0 atom stereocenters. The Morgan fingerprint density at radius 1 is 1.69 bits per heavy atom. The molecule has 74 valence electrons. The lowest BCUT2D eigenvalue weighted by Gasteiger charge is -2.21. The predicted octanol–water partition coefficient (Wildman–Crippen LogP) is -1.00. The van der Waals surface area contributed by atoms with Crippen LogP contribution in [0.4, 0.5) is 11.8 Å². The van der Waals surface area contributed by atoms with Crippen molar-refractivity contribution in [2.75, 3.05) is 36.2 Å². The summed E-state index contributed by atoms with van der Waals surface area (Å²) in [5.41, 5.74) is 5.47. The van der Waals surface area contributed by atoms with Crippen LogP contribution in [0, 0.1) is 0 Å². The Balaban J connectivity index is 2.84. The van der Waals surface area contributed by atoms with E-state index in [1.807, 2.05) is 11.8 Å². The summed E-state index contributed by atoms with van der Waals surface area (Å²) >= 11 is 0. The molecule has 6 heteroatoms. The number of anilines is 2. The molecule has 0 radical (unpaired) electrons. The van der Waals surface area contributed by atoms with E-state index in [1.165, 1.54) is 4.68 Å². The van der Waals surface area contributed by atoms with E-state index >= 15 is 0 Å². The third kappa shape index (κ3) is 1.83. The highest BCUT2D eigenvalue weighted by Gasteiger charge is 2.10. The van der Waals surface area contributed by atoms with Gasteiger partial charge in [-0.15, -0.1) is 0 Å². The van der Waals surface area contributed by atoms with Crippen LogP contribution in [-0.2, 0) is 0 Å². The number of rotatable bonds is 4. The second-order valence-corrected chi connectivity index (χ2v) is 2.65. The number of hydrogen-bond donors (Lipinski definition) is 3. The van der Waals surface area contributed by atoms with E-state index in [0.29, 0.717) is 12.4 Å². The molecule has 0 fully saturated rings. The van der Waals surface area contributed by atoms with Crippen molar-refractivity contribution in [3.05, 3.63) is 6.20 Å². The third-order valence-electron chi connectivity index (χ3n) is 1.88. The minimum Gasteiger partial charge on any atom is -0.395 e. The molecule has 1 aromatic rings. The van der Waals surface area contributed by atoms with Crippen LogP contribution in [0.5, 0.6) is 0 Å². The molecular weight excluding hydrogens is 170 g/mol. The molecule has 1 rings (SSSR count). The SMILES string of the molecule is CCN(CCO)c1cnc(N)n1N. The molecule has 0 unspecified atom stereocenters. The number of nitrogens with zero attached hydrogens (tertiary/aromatic N) is 3. The van der Waals surface area contributed by atoms with Crippen LogP contribution in [0.25, 0.3) is 0 Å². The number of likely N-dealkylation sites (N-methyl/N-ethyl adjacent to an activating group) is 1. The smallest absolute Gasteiger partial charge is 0.220 e. The summed E-state index contributed by atoms with van der Waals surface area (Å²) in [5.74, 6) is 6.60. The zero-order valence-electron chi connectivity index (χ0n) is 7.64. The van der Waals surface area contributed by atoms with Crippen molar-refractivity contribution in [3.63, 3.8) is 0 Å². The van der Waals surface area contributed by atoms with Crippen molar-refractivity contribution >= 4 is 11.8 Å². The molecule has 0 spiro atoms. The van der Waals surface area contributed by atoms with Gasteiger partial charge in [0, 0.05) is 13.1 Å². The van der Waals surface area contributed by atoms with Gasteiger partial charge in [-0.05, 0) is 6.92 Å². The normalized spacial score (nSPS) is 10.3. The summed E-state index contributed by atoms with van der Waals surface area (Å²) in [4.78, 5) is 5.75. The van der Waals surface area contributed by atoms with Gasteiger partial charge in [-0.2, -0.15) is 0 Å². The lowest BCUT2D eigenvalue weighted by atomic mass is 10.5. The van der Waals surface area contributed by atoms with Gasteiger partial charge < -0.3 is 21.6 Å². The molecule has 0 saturated heterocycles. The van der Waals surface area contributed by atoms with Crippen LogP contribution in [0.3, 0.4) is 0 Å². The van der Waals surface area contributed by atoms with Gasteiger partial charge in [0.05, 0.1) is 12.8 Å². The van der Waals surface area contributed by atoms with Gasteiger partial charge in [0.2, 0.25) is 5.95 Å². The first-order valence-corrected chi connectivity index (χ1v) is 4.14. The number of aromatic nitrogens is 2. The first-order valence-electron chi connectivity index (χ1n) is 4.14. The highest BCUT2D eigenvalue weighted by atomic mass is 16.3. The van der Waals surface area contributed by atoms with Crippen LogP contribution < -0.4 is 16.5 Å². The highest BCUT2D eigenvalue weighted by molar-refractivity contribution is 5.44. The number of aliphatic hydroxyl groups excluding tert-OH is 1. The van der Waals surface area contributed by atoms with Gasteiger partial charge in [0.1, 0.15) is 5.82 Å². The van der Waals surface area contributed by atoms with Crippen molar-refractivity contribution < 1.29 is 5.11 Å². The van der Waals surface area contributed by atoms with E-state index in [4.69, 9.17) is 16.7 Å². The average molecular weight is 185 g/mol. The van der Waals surface area contributed by atoms with Gasteiger partial charge in [0.25, 0.3) is 0 Å². The molecule has 0 aliphatic carbocycles. The largest absolute Gasteiger partial charge is 0.395 e. The molecule has 1 aromatic heterocycles. The first-order chi connectivity index (χ1) is 6.20. The highest BCUT2D eigenvalue weighted by Crippen LogP contribution is 2.13. The van der Waals surface area contributed by atoms with E-state index in [-0.39, 0.29) is 12.6 Å². The van der Waals surface area contributed by atoms with Crippen molar-refractivity contribution in [2.45, 2.75) is 6.92 Å². The molecule has 0 aromatic carbocycles. The number of hydrogen-bond acceptors (Lipinski definition) is 5. The fraction of sp³-hybridized carbons (Fsp3) is 0.571. The summed E-state index contributed by atoms with van der Waals surface area (Å²) in [6, 6.07) is 0. The minimum absolute atomic E-state index is 0.0823. The van der Waals surface area contributed by atoms with Crippen molar-refractivity contribution in [2.24, 2.45) is 0 Å². The molecule has 0 aliphatic rings. The van der Waals surface area contributed by atoms with Crippen molar-refractivity contribution in [1.29, 1.82) is 0 Å². The summed E-state index contributed by atoms with van der Waals surface area (Å²) in [7, 11) is 0. The zero-order valence-corrected chi connectivity index (χ0v) is 7.64. The van der Waals surface area contributed by atoms with E-state index < -0.39 is 0 Å². The second kappa shape index (κ2) is 3.99. The van der Waals surface area contributed by atoms with E-state index in [1.54, 1.807) is 6.20 Å². The van der Waals surface area contributed by atoms with E-state index in [0.717, 1.165) is 6.54 Å². The van der Waals surface area contributed by atoms with Gasteiger partial charge in [-0.25, -0.2) is 9.66 Å². The zero-order chi connectivity index (χ0) is 9.84. The molecule has 0 amide bonds. The van der Waals surface area contributed by atoms with Crippen LogP contribution in [0.1, 0.15) is 6.92 Å². The Kier molecular flexibility index (Phi) is 2.97. The third-order valence-corrected chi connectivity index (χ3v) is 1.88. The number of nitrogens with two attached hydrogens (primary N) is 2. The van der Waals surface area contributed by atoms with Crippen LogP contribution in [0.2, 0.25) is 0 Å². The molecular formula is C7H15N5O. The van der Waals surface area contributed by atoms with Gasteiger partial charge in [0.15, 0.2) is 0 Å². The number of aliphatic hydroxyl groups is 1. The molecule has 1 heterocycles. The Bertz CT molecular complexity index is 272. The average Bonchev–Trinajstić information content (AvgIpc) is 2.45. The molecule has 0 bridgehead atoms. The molecule has 6 nitrogen and oxygen atoms in total. The summed E-state index contributed by atoms with van der Waals surface area (Å²) < 4.78 is 1.30. The molecule has 5 N–H and O–H groups in total. The Labute approximate surface area is 76.7 Å². The Hall–Kier alpha value is -1.43. The monoisotopic (exact) mass is 185 g/mol. The summed E-state index contributed by atoms with van der Waals surface area (Å²) in [6.07, 6.45) is 1.59. The standard InChI is InChI=1S/C7H15N5O/c1-2-11(3-4-13)6-5-10-7(8)12(6)9/h5,13H,2-4,9H2,1H3,(H2,8,10). The molecule has 13 heavy (non-hydrogen) atoms. The predicted molar refractivity (Wildman–Crippen MR) is 51.8 cm³/mol. The van der Waals surface area contributed by atoms with Crippen LogP contribution in [-0.4, -0.2) is 34.5 Å². The molecule has 0 saturated carbocycles. The first kappa shape index (κ1) is 9.66. The molecule has 0 aliphatic heterocycles. The Morgan fingerprint density at radius 2 is 2.38 bits per heavy atom. The second-order valence-electron chi connectivity index (χ2n) is 2.65. The number of imidazole rings is 1. The number of nitrogen functional groups attached to an aromatic ring is 2. The van der Waals surface area contributed by atoms with Crippen LogP contribution >= 0.6 is 0 Å². The summed E-state index contributed by atoms with van der Waals surface area (Å²) in [6.45, 7) is 3.33. The fourth-order valence-corrected chi connectivity index (χ4v) is 1.16. The van der Waals surface area contributed by atoms with Crippen molar-refractivity contribution in [1.82, 2.24) is 9.66 Å².